The highest BCUT2D eigenvalue weighted by Gasteiger charge is 2.26. The van der Waals surface area contributed by atoms with Gasteiger partial charge in [0, 0.05) is 57.7 Å². The zero-order chi connectivity index (χ0) is 18.6. The summed E-state index contributed by atoms with van der Waals surface area (Å²) in [5.74, 6) is 0.850. The molecule has 0 saturated carbocycles. The molecule has 1 amide bonds. The molecule has 0 N–H and O–H groups in total. The summed E-state index contributed by atoms with van der Waals surface area (Å²) < 4.78 is 0. The molecule has 2 aliphatic heterocycles. The molecular weight excluding hydrogens is 340 g/mol. The zero-order valence-electron chi connectivity index (χ0n) is 15.8. The zero-order valence-corrected chi connectivity index (χ0v) is 15.8. The van der Waals surface area contributed by atoms with E-state index in [0.717, 1.165) is 32.0 Å². The normalized spacial score (nSPS) is 19.3. The monoisotopic (exact) mass is 366 g/mol. The number of aromatic nitrogens is 3. The second-order valence-corrected chi connectivity index (χ2v) is 7.26. The number of carbonyl (C=O) groups is 1. The standard InChI is InChI=1S/C20H26N6O/c1-16(17-5-4-8-21-15-17)24-11-13-26(14-12-24)20(27)18-6-7-19(23-22-18)25-9-2-3-10-25/h4-8,15-16H,2-3,9-14H2,1H3. The molecule has 2 aromatic heterocycles. The molecule has 1 atom stereocenters. The van der Waals surface area contributed by atoms with Crippen molar-refractivity contribution in [2.24, 2.45) is 0 Å². The maximum Gasteiger partial charge on any atom is 0.274 e. The van der Waals surface area contributed by atoms with Crippen LogP contribution >= 0.6 is 0 Å². The van der Waals surface area contributed by atoms with E-state index in [1.165, 1.54) is 18.4 Å². The third kappa shape index (κ3) is 3.93. The molecule has 0 aromatic carbocycles. The van der Waals surface area contributed by atoms with Gasteiger partial charge in [0.2, 0.25) is 0 Å². The molecule has 0 radical (unpaired) electrons. The van der Waals surface area contributed by atoms with E-state index in [4.69, 9.17) is 0 Å². The summed E-state index contributed by atoms with van der Waals surface area (Å²) in [5.41, 5.74) is 1.65. The van der Waals surface area contributed by atoms with Crippen LogP contribution in [0.1, 0.15) is 41.9 Å². The molecule has 2 aliphatic rings. The van der Waals surface area contributed by atoms with Gasteiger partial charge in [0.1, 0.15) is 0 Å². The Bertz CT molecular complexity index is 752. The number of amides is 1. The van der Waals surface area contributed by atoms with Gasteiger partial charge in [-0.1, -0.05) is 6.07 Å². The number of hydrogen-bond donors (Lipinski definition) is 0. The summed E-state index contributed by atoms with van der Waals surface area (Å²) in [4.78, 5) is 23.5. The number of carbonyl (C=O) groups excluding carboxylic acids is 1. The molecule has 0 bridgehead atoms. The second-order valence-electron chi connectivity index (χ2n) is 7.26. The molecule has 27 heavy (non-hydrogen) atoms. The molecule has 2 fully saturated rings. The molecule has 2 aromatic rings. The number of anilines is 1. The van der Waals surface area contributed by atoms with Gasteiger partial charge in [-0.15, -0.1) is 10.2 Å². The minimum Gasteiger partial charge on any atom is -0.355 e. The number of pyridine rings is 1. The van der Waals surface area contributed by atoms with Crippen LogP contribution in [0.2, 0.25) is 0 Å². The van der Waals surface area contributed by atoms with Crippen LogP contribution in [-0.2, 0) is 0 Å². The van der Waals surface area contributed by atoms with Crippen molar-refractivity contribution < 1.29 is 4.79 Å². The highest BCUT2D eigenvalue weighted by Crippen LogP contribution is 2.21. The molecule has 7 nitrogen and oxygen atoms in total. The second kappa shape index (κ2) is 8.00. The van der Waals surface area contributed by atoms with Crippen molar-refractivity contribution in [1.29, 1.82) is 0 Å². The lowest BCUT2D eigenvalue weighted by molar-refractivity contribution is 0.0575. The van der Waals surface area contributed by atoms with Gasteiger partial charge in [-0.05, 0) is 43.5 Å². The van der Waals surface area contributed by atoms with Crippen LogP contribution < -0.4 is 4.90 Å². The van der Waals surface area contributed by atoms with E-state index in [9.17, 15) is 4.79 Å². The molecular formula is C20H26N6O. The van der Waals surface area contributed by atoms with Crippen molar-refractivity contribution in [3.05, 3.63) is 47.9 Å². The van der Waals surface area contributed by atoms with Crippen molar-refractivity contribution in [3.8, 4) is 0 Å². The van der Waals surface area contributed by atoms with Gasteiger partial charge >= 0.3 is 0 Å². The van der Waals surface area contributed by atoms with Crippen LogP contribution in [0.15, 0.2) is 36.7 Å². The predicted molar refractivity (Wildman–Crippen MR) is 104 cm³/mol. The molecule has 4 rings (SSSR count). The molecule has 142 valence electrons. The van der Waals surface area contributed by atoms with Gasteiger partial charge in [0.25, 0.3) is 5.91 Å². The molecule has 7 heteroatoms. The van der Waals surface area contributed by atoms with Gasteiger partial charge in [0.05, 0.1) is 0 Å². The number of piperazine rings is 1. The Balaban J connectivity index is 1.34. The van der Waals surface area contributed by atoms with Crippen molar-refractivity contribution in [3.63, 3.8) is 0 Å². The first-order valence-electron chi connectivity index (χ1n) is 9.74. The fourth-order valence-electron chi connectivity index (χ4n) is 3.86. The Morgan fingerprint density at radius 2 is 1.78 bits per heavy atom. The summed E-state index contributed by atoms with van der Waals surface area (Å²) >= 11 is 0. The van der Waals surface area contributed by atoms with Gasteiger partial charge < -0.3 is 9.80 Å². The Morgan fingerprint density at radius 3 is 2.41 bits per heavy atom. The molecule has 4 heterocycles. The molecule has 0 aliphatic carbocycles. The van der Waals surface area contributed by atoms with E-state index in [1.807, 2.05) is 29.3 Å². The Hall–Kier alpha value is -2.54. The minimum absolute atomic E-state index is 0.0239. The maximum atomic E-state index is 12.8. The summed E-state index contributed by atoms with van der Waals surface area (Å²) in [6.45, 7) is 7.36. The average molecular weight is 366 g/mol. The van der Waals surface area contributed by atoms with Crippen LogP contribution in [0.3, 0.4) is 0 Å². The van der Waals surface area contributed by atoms with E-state index >= 15 is 0 Å². The molecule has 1 unspecified atom stereocenters. The van der Waals surface area contributed by atoms with Gasteiger partial charge in [0.15, 0.2) is 11.5 Å². The van der Waals surface area contributed by atoms with Crippen molar-refractivity contribution in [2.45, 2.75) is 25.8 Å². The third-order valence-electron chi connectivity index (χ3n) is 5.62. The third-order valence-corrected chi connectivity index (χ3v) is 5.62. The summed E-state index contributed by atoms with van der Waals surface area (Å²) in [6, 6.07) is 8.11. The van der Waals surface area contributed by atoms with Crippen LogP contribution in [0, 0.1) is 0 Å². The lowest BCUT2D eigenvalue weighted by Crippen LogP contribution is -2.49. The lowest BCUT2D eigenvalue weighted by Gasteiger charge is -2.38. The fourth-order valence-corrected chi connectivity index (χ4v) is 3.86. The lowest BCUT2D eigenvalue weighted by atomic mass is 10.1. The first-order valence-corrected chi connectivity index (χ1v) is 9.74. The van der Waals surface area contributed by atoms with Crippen molar-refractivity contribution in [2.75, 3.05) is 44.2 Å². The quantitative estimate of drug-likeness (QED) is 0.825. The molecule has 0 spiro atoms. The number of rotatable bonds is 4. The predicted octanol–water partition coefficient (Wildman–Crippen LogP) is 1.99. The highest BCUT2D eigenvalue weighted by atomic mass is 16.2. The smallest absolute Gasteiger partial charge is 0.274 e. The van der Waals surface area contributed by atoms with E-state index < -0.39 is 0 Å². The Kier molecular flexibility index (Phi) is 5.29. The number of nitrogens with zero attached hydrogens (tertiary/aromatic N) is 6. The van der Waals surface area contributed by atoms with Crippen LogP contribution in [0.25, 0.3) is 0 Å². The van der Waals surface area contributed by atoms with Crippen LogP contribution in [0.4, 0.5) is 5.82 Å². The SMILES string of the molecule is CC(c1cccnc1)N1CCN(C(=O)c2ccc(N3CCCC3)nn2)CC1. The Morgan fingerprint density at radius 1 is 1.00 bits per heavy atom. The molecule has 2 saturated heterocycles. The largest absolute Gasteiger partial charge is 0.355 e. The topological polar surface area (TPSA) is 65.5 Å². The van der Waals surface area contributed by atoms with E-state index in [1.54, 1.807) is 6.20 Å². The average Bonchev–Trinajstić information content (AvgIpc) is 3.28. The fraction of sp³-hybridized carbons (Fsp3) is 0.500. The first-order chi connectivity index (χ1) is 13.2. The summed E-state index contributed by atoms with van der Waals surface area (Å²) in [5, 5.41) is 8.47. The van der Waals surface area contributed by atoms with Gasteiger partial charge in [-0.25, -0.2) is 0 Å². The first kappa shape index (κ1) is 17.9. The Labute approximate surface area is 160 Å². The minimum atomic E-state index is -0.0239. The van der Waals surface area contributed by atoms with Crippen molar-refractivity contribution in [1.82, 2.24) is 25.0 Å². The summed E-state index contributed by atoms with van der Waals surface area (Å²) in [7, 11) is 0. The van der Waals surface area contributed by atoms with E-state index in [0.29, 0.717) is 24.8 Å². The van der Waals surface area contributed by atoms with E-state index in [2.05, 4.69) is 38.0 Å². The number of hydrogen-bond acceptors (Lipinski definition) is 6. The maximum absolute atomic E-state index is 12.8. The van der Waals surface area contributed by atoms with Gasteiger partial charge in [-0.2, -0.15) is 0 Å². The van der Waals surface area contributed by atoms with Crippen molar-refractivity contribution >= 4 is 11.7 Å². The highest BCUT2D eigenvalue weighted by molar-refractivity contribution is 5.92. The van der Waals surface area contributed by atoms with Crippen LogP contribution in [0.5, 0.6) is 0 Å². The summed E-state index contributed by atoms with van der Waals surface area (Å²) in [6.07, 6.45) is 6.11. The van der Waals surface area contributed by atoms with Gasteiger partial charge in [-0.3, -0.25) is 14.7 Å². The van der Waals surface area contributed by atoms with E-state index in [-0.39, 0.29) is 5.91 Å². The van der Waals surface area contributed by atoms with Crippen LogP contribution in [-0.4, -0.2) is 70.2 Å².